The first kappa shape index (κ1) is 23.9. The number of aliphatic carboxylic acids is 1. The molecular weight excluding hydrogens is 408 g/mol. The number of allylic oxidation sites excluding steroid dienone is 2. The maximum atomic E-state index is 12.2. The van der Waals surface area contributed by atoms with E-state index in [4.69, 9.17) is 0 Å². The Bertz CT molecular complexity index is 889. The minimum absolute atomic E-state index is 0.0168. The lowest BCUT2D eigenvalue weighted by atomic mass is 9.33. The molecule has 5 aliphatic rings. The monoisotopic (exact) mass is 456 g/mol. The fourth-order valence-electron chi connectivity index (χ4n) is 10.5. The van der Waals surface area contributed by atoms with Crippen molar-refractivity contribution in [3.05, 3.63) is 11.6 Å². The van der Waals surface area contributed by atoms with Crippen LogP contribution in [0, 0.1) is 50.2 Å². The molecule has 0 saturated heterocycles. The normalized spacial score (nSPS) is 55.3. The van der Waals surface area contributed by atoms with Crippen LogP contribution in [0.1, 0.15) is 113 Å². The highest BCUT2D eigenvalue weighted by Crippen LogP contribution is 2.75. The number of carbonyl (C=O) groups is 1. The van der Waals surface area contributed by atoms with Crippen LogP contribution in [0.3, 0.4) is 0 Å². The summed E-state index contributed by atoms with van der Waals surface area (Å²) in [5, 5.41) is 20.9. The van der Waals surface area contributed by atoms with Crippen molar-refractivity contribution in [2.45, 2.75) is 119 Å². The van der Waals surface area contributed by atoms with Crippen molar-refractivity contribution in [1.29, 1.82) is 0 Å². The average Bonchev–Trinajstić information content (AvgIpc) is 2.73. The predicted octanol–water partition coefficient (Wildman–Crippen LogP) is 7.23. The van der Waals surface area contributed by atoms with Crippen molar-refractivity contribution in [1.82, 2.24) is 0 Å². The zero-order chi connectivity index (χ0) is 24.2. The summed E-state index contributed by atoms with van der Waals surface area (Å²) in [6.45, 7) is 16.8. The maximum absolute atomic E-state index is 12.2. The fraction of sp³-hybridized carbons (Fsp3) is 0.900. The zero-order valence-corrected chi connectivity index (χ0v) is 22.3. The second kappa shape index (κ2) is 6.89. The van der Waals surface area contributed by atoms with E-state index < -0.39 is 11.4 Å². The highest BCUT2D eigenvalue weighted by Gasteiger charge is 2.68. The molecule has 0 spiro atoms. The van der Waals surface area contributed by atoms with Crippen LogP contribution in [0.4, 0.5) is 0 Å². The average molecular weight is 457 g/mol. The van der Waals surface area contributed by atoms with Gasteiger partial charge in [-0.2, -0.15) is 0 Å². The van der Waals surface area contributed by atoms with E-state index in [1.54, 1.807) is 5.57 Å². The van der Waals surface area contributed by atoms with Gasteiger partial charge < -0.3 is 10.2 Å². The molecule has 9 atom stereocenters. The van der Waals surface area contributed by atoms with Crippen LogP contribution < -0.4 is 0 Å². The van der Waals surface area contributed by atoms with E-state index >= 15 is 0 Å². The van der Waals surface area contributed by atoms with Gasteiger partial charge in [0, 0.05) is 0 Å². The molecule has 0 aromatic rings. The summed E-state index contributed by atoms with van der Waals surface area (Å²) in [7, 11) is 0. The Morgan fingerprint density at radius 2 is 1.55 bits per heavy atom. The third kappa shape index (κ3) is 2.87. The predicted molar refractivity (Wildman–Crippen MR) is 133 cm³/mol. The van der Waals surface area contributed by atoms with Gasteiger partial charge >= 0.3 is 5.97 Å². The number of aliphatic hydroxyl groups excluding tert-OH is 1. The molecule has 0 aromatic carbocycles. The summed E-state index contributed by atoms with van der Waals surface area (Å²) in [6.07, 6.45) is 13.2. The van der Waals surface area contributed by atoms with Crippen LogP contribution >= 0.6 is 0 Å². The lowest BCUT2D eigenvalue weighted by Crippen LogP contribution is -2.64. The summed E-state index contributed by atoms with van der Waals surface area (Å²) in [6, 6.07) is 0. The van der Waals surface area contributed by atoms with E-state index in [9.17, 15) is 15.0 Å². The molecule has 2 N–H and O–H groups in total. The van der Waals surface area contributed by atoms with Gasteiger partial charge in [0.1, 0.15) is 0 Å². The molecule has 0 radical (unpaired) electrons. The summed E-state index contributed by atoms with van der Waals surface area (Å²) in [5.41, 5.74) is 1.94. The van der Waals surface area contributed by atoms with Crippen molar-refractivity contribution in [2.75, 3.05) is 0 Å². The standard InChI is InChI=1S/C30H48O3/c1-25(2)21-10-13-30(7)22(28(21,5)12-11-23(25)31)9-8-19-20-18-27(4,24(32)33)15-14-26(20,3)16-17-29(19,30)6/h8,20-23,31H,9-18H2,1-7H3,(H,32,33)/t20-,21+,22-,23+,26-,27+,28-,29-,30+/m1/s1. The lowest BCUT2D eigenvalue weighted by molar-refractivity contribution is -0.203. The van der Waals surface area contributed by atoms with Crippen molar-refractivity contribution in [2.24, 2.45) is 50.2 Å². The molecule has 33 heavy (non-hydrogen) atoms. The van der Waals surface area contributed by atoms with E-state index in [0.717, 1.165) is 38.5 Å². The number of fused-ring (bicyclic) bond motifs is 7. The van der Waals surface area contributed by atoms with E-state index in [1.165, 1.54) is 25.7 Å². The van der Waals surface area contributed by atoms with Crippen LogP contribution in [-0.4, -0.2) is 22.3 Å². The first-order chi connectivity index (χ1) is 15.1. The van der Waals surface area contributed by atoms with E-state index in [0.29, 0.717) is 17.8 Å². The highest BCUT2D eigenvalue weighted by molar-refractivity contribution is 5.74. The highest BCUT2D eigenvalue weighted by atomic mass is 16.4. The molecule has 0 bridgehead atoms. The Hall–Kier alpha value is -0.830. The second-order valence-corrected chi connectivity index (χ2v) is 14.9. The quantitative estimate of drug-likeness (QED) is 0.409. The molecule has 3 nitrogen and oxygen atoms in total. The third-order valence-corrected chi connectivity index (χ3v) is 13.3. The summed E-state index contributed by atoms with van der Waals surface area (Å²) in [5.74, 6) is 1.01. The molecule has 4 saturated carbocycles. The van der Waals surface area contributed by atoms with Crippen molar-refractivity contribution in [3.63, 3.8) is 0 Å². The van der Waals surface area contributed by atoms with Gasteiger partial charge in [-0.25, -0.2) is 0 Å². The van der Waals surface area contributed by atoms with Crippen LogP contribution in [0.25, 0.3) is 0 Å². The van der Waals surface area contributed by atoms with Gasteiger partial charge in [0.05, 0.1) is 11.5 Å². The van der Waals surface area contributed by atoms with Gasteiger partial charge in [-0.05, 0) is 116 Å². The third-order valence-electron chi connectivity index (χ3n) is 13.3. The molecule has 0 unspecified atom stereocenters. The maximum Gasteiger partial charge on any atom is 0.309 e. The molecule has 4 fully saturated rings. The number of hydrogen-bond acceptors (Lipinski definition) is 2. The van der Waals surface area contributed by atoms with Crippen molar-refractivity contribution < 1.29 is 15.0 Å². The number of aliphatic hydroxyl groups is 1. The summed E-state index contributed by atoms with van der Waals surface area (Å²) < 4.78 is 0. The van der Waals surface area contributed by atoms with Gasteiger partial charge in [-0.1, -0.05) is 53.2 Å². The Balaban J connectivity index is 1.57. The zero-order valence-electron chi connectivity index (χ0n) is 22.3. The number of hydrogen-bond donors (Lipinski definition) is 2. The molecule has 5 rings (SSSR count). The fourth-order valence-corrected chi connectivity index (χ4v) is 10.5. The molecule has 0 heterocycles. The Kier molecular flexibility index (Phi) is 4.99. The van der Waals surface area contributed by atoms with Gasteiger partial charge in [-0.3, -0.25) is 4.79 Å². The number of carboxylic acids is 1. The summed E-state index contributed by atoms with van der Waals surface area (Å²) in [4.78, 5) is 12.2. The number of carboxylic acid groups (broad SMARTS) is 1. The summed E-state index contributed by atoms with van der Waals surface area (Å²) >= 11 is 0. The Morgan fingerprint density at radius 3 is 2.21 bits per heavy atom. The smallest absolute Gasteiger partial charge is 0.309 e. The molecule has 3 heteroatoms. The molecule has 0 aliphatic heterocycles. The first-order valence-electron chi connectivity index (χ1n) is 13.8. The minimum Gasteiger partial charge on any atom is -0.481 e. The molecular formula is C30H48O3. The second-order valence-electron chi connectivity index (χ2n) is 14.9. The van der Waals surface area contributed by atoms with Crippen molar-refractivity contribution >= 4 is 5.97 Å². The molecule has 0 amide bonds. The van der Waals surface area contributed by atoms with Gasteiger partial charge in [0.2, 0.25) is 0 Å². The first-order valence-corrected chi connectivity index (χ1v) is 13.8. The molecule has 5 aliphatic carbocycles. The van der Waals surface area contributed by atoms with Crippen LogP contribution in [0.5, 0.6) is 0 Å². The van der Waals surface area contributed by atoms with E-state index in [1.807, 2.05) is 6.92 Å². The van der Waals surface area contributed by atoms with Gasteiger partial charge in [0.15, 0.2) is 0 Å². The van der Waals surface area contributed by atoms with Gasteiger partial charge in [0.25, 0.3) is 0 Å². The van der Waals surface area contributed by atoms with Crippen molar-refractivity contribution in [3.8, 4) is 0 Å². The Morgan fingerprint density at radius 1 is 0.879 bits per heavy atom. The minimum atomic E-state index is -0.603. The lowest BCUT2D eigenvalue weighted by Gasteiger charge is -2.71. The van der Waals surface area contributed by atoms with Crippen LogP contribution in [-0.2, 0) is 4.79 Å². The largest absolute Gasteiger partial charge is 0.481 e. The van der Waals surface area contributed by atoms with E-state index in [2.05, 4.69) is 47.6 Å². The van der Waals surface area contributed by atoms with Gasteiger partial charge in [-0.15, -0.1) is 0 Å². The Labute approximate surface area is 201 Å². The van der Waals surface area contributed by atoms with Crippen LogP contribution in [0.15, 0.2) is 11.6 Å². The van der Waals surface area contributed by atoms with Crippen LogP contribution in [0.2, 0.25) is 0 Å². The molecule has 186 valence electrons. The van der Waals surface area contributed by atoms with E-state index in [-0.39, 0.29) is 33.2 Å². The molecule has 0 aromatic heterocycles. The number of rotatable bonds is 1. The topological polar surface area (TPSA) is 57.5 Å². The SMILES string of the molecule is CC1(C)[C@@H](O)CC[C@@]2(C)[C@H]3CC=C4[C@H]5C[C@@](C)(C(=O)O)CC[C@]5(C)CC[C@@]4(C)[C@@]3(C)CC[C@@H]12.